The van der Waals surface area contributed by atoms with E-state index in [1.54, 1.807) is 20.8 Å². The molecule has 3 heterocycles. The Hall–Kier alpha value is -3.74. The molecule has 0 radical (unpaired) electrons. The number of esters is 2. The molecular formula is C30H41N5O7S. The number of nitrogens with zero attached hydrogens (tertiary/aromatic N) is 1. The van der Waals surface area contributed by atoms with E-state index in [1.807, 2.05) is 0 Å². The summed E-state index contributed by atoms with van der Waals surface area (Å²) < 4.78 is 9.52. The maximum absolute atomic E-state index is 13.4. The quantitative estimate of drug-likeness (QED) is 0.294. The number of ether oxygens (including phenoxy) is 2. The molecule has 2 atom stereocenters. The summed E-state index contributed by atoms with van der Waals surface area (Å²) >= 11 is 1.46. The second-order valence-electron chi connectivity index (χ2n) is 12.1. The molecule has 0 fully saturated rings. The summed E-state index contributed by atoms with van der Waals surface area (Å²) in [6.07, 6.45) is 5.93. The highest BCUT2D eigenvalue weighted by atomic mass is 32.1. The van der Waals surface area contributed by atoms with Crippen LogP contribution in [0.25, 0.3) is 0 Å². The summed E-state index contributed by atoms with van der Waals surface area (Å²) in [7, 11) is 2.52. The maximum Gasteiger partial charge on any atom is 0.328 e. The number of fused-ring (bicyclic) bond motifs is 2. The molecule has 43 heavy (non-hydrogen) atoms. The van der Waals surface area contributed by atoms with Crippen LogP contribution in [0.2, 0.25) is 0 Å². The minimum atomic E-state index is -0.955. The standard InChI is InChI=1S/C30H41N5O7S/c1-30(2,3)28(40)35-29-33-24-19(25(37)34-29)14-16(15-31-24)10-12-21-17-8-6-7-9-18(17)23(43-21)26(38)32-20(27(39)42-5)11-13-22(36)41-4/h16,20H,6-15H2,1-5H3,(H,32,38)(H3,31,33,34,35,37,40)/t16?,20-/m0/s1. The zero-order valence-corrected chi connectivity index (χ0v) is 26.3. The van der Waals surface area contributed by atoms with Crippen molar-refractivity contribution in [2.24, 2.45) is 11.3 Å². The fourth-order valence-electron chi connectivity index (χ4n) is 5.40. The van der Waals surface area contributed by atoms with Crippen molar-refractivity contribution in [1.82, 2.24) is 15.3 Å². The second kappa shape index (κ2) is 13.7. The first-order chi connectivity index (χ1) is 20.4. The Kier molecular flexibility index (Phi) is 10.3. The van der Waals surface area contributed by atoms with Crippen LogP contribution in [0.4, 0.5) is 11.8 Å². The third-order valence-electron chi connectivity index (χ3n) is 7.93. The van der Waals surface area contributed by atoms with E-state index in [0.717, 1.165) is 49.0 Å². The molecule has 2 amide bonds. The fourth-order valence-corrected chi connectivity index (χ4v) is 6.72. The first-order valence-corrected chi connectivity index (χ1v) is 15.5. The van der Waals surface area contributed by atoms with Gasteiger partial charge in [0.25, 0.3) is 11.5 Å². The average Bonchev–Trinajstić information content (AvgIpc) is 3.36. The number of hydrogen-bond acceptors (Lipinski definition) is 10. The summed E-state index contributed by atoms with van der Waals surface area (Å²) in [5, 5.41) is 8.74. The van der Waals surface area contributed by atoms with Gasteiger partial charge in [-0.1, -0.05) is 20.8 Å². The van der Waals surface area contributed by atoms with Gasteiger partial charge in [-0.2, -0.15) is 4.98 Å². The first-order valence-electron chi connectivity index (χ1n) is 14.7. The van der Waals surface area contributed by atoms with E-state index in [4.69, 9.17) is 4.74 Å². The molecule has 0 aromatic carbocycles. The van der Waals surface area contributed by atoms with Crippen molar-refractivity contribution >= 4 is 46.9 Å². The number of amides is 2. The van der Waals surface area contributed by atoms with Crippen LogP contribution in [0.5, 0.6) is 0 Å². The van der Waals surface area contributed by atoms with E-state index in [9.17, 15) is 24.0 Å². The van der Waals surface area contributed by atoms with Crippen LogP contribution < -0.4 is 21.5 Å². The molecule has 1 aliphatic carbocycles. The van der Waals surface area contributed by atoms with Gasteiger partial charge in [0.15, 0.2) is 0 Å². The number of carbonyl (C=O) groups is 4. The van der Waals surface area contributed by atoms with E-state index >= 15 is 0 Å². The van der Waals surface area contributed by atoms with Crippen molar-refractivity contribution in [2.75, 3.05) is 31.4 Å². The summed E-state index contributed by atoms with van der Waals surface area (Å²) in [5.41, 5.74) is 1.93. The van der Waals surface area contributed by atoms with Gasteiger partial charge in [0.05, 0.1) is 24.7 Å². The molecule has 2 aliphatic rings. The molecule has 4 rings (SSSR count). The summed E-state index contributed by atoms with van der Waals surface area (Å²) in [5.74, 6) is -0.848. The molecule has 0 saturated heterocycles. The predicted molar refractivity (Wildman–Crippen MR) is 162 cm³/mol. The number of aromatic nitrogens is 2. The number of aryl methyl sites for hydroxylation is 1. The van der Waals surface area contributed by atoms with Gasteiger partial charge in [-0.15, -0.1) is 11.3 Å². The molecule has 1 aliphatic heterocycles. The SMILES string of the molecule is COC(=O)CC[C@H](NC(=O)c1sc(CCC2CNc3nc(NC(=O)C(C)(C)C)[nH]c(=O)c3C2)c2c1CCCC2)C(=O)OC. The molecule has 0 bridgehead atoms. The summed E-state index contributed by atoms with van der Waals surface area (Å²) in [6.45, 7) is 6.00. The van der Waals surface area contributed by atoms with Gasteiger partial charge in [-0.05, 0) is 68.4 Å². The van der Waals surface area contributed by atoms with E-state index in [1.165, 1.54) is 31.1 Å². The molecule has 12 nitrogen and oxygen atoms in total. The molecule has 2 aromatic rings. The number of H-pyrrole nitrogens is 1. The Bertz CT molecular complexity index is 1440. The number of anilines is 2. The lowest BCUT2D eigenvalue weighted by Crippen LogP contribution is -2.42. The lowest BCUT2D eigenvalue weighted by atomic mass is 9.88. The fraction of sp³-hybridized carbons (Fsp3) is 0.600. The molecule has 0 saturated carbocycles. The van der Waals surface area contributed by atoms with Gasteiger partial charge < -0.3 is 20.1 Å². The maximum atomic E-state index is 13.4. The van der Waals surface area contributed by atoms with E-state index in [2.05, 4.69) is 30.7 Å². The van der Waals surface area contributed by atoms with Crippen LogP contribution in [0.15, 0.2) is 4.79 Å². The van der Waals surface area contributed by atoms with Gasteiger partial charge in [-0.3, -0.25) is 29.5 Å². The average molecular weight is 616 g/mol. The van der Waals surface area contributed by atoms with Crippen LogP contribution in [-0.4, -0.2) is 60.5 Å². The van der Waals surface area contributed by atoms with Gasteiger partial charge in [0, 0.05) is 23.3 Å². The van der Waals surface area contributed by atoms with Crippen molar-refractivity contribution in [2.45, 2.75) is 84.6 Å². The van der Waals surface area contributed by atoms with Crippen LogP contribution in [0.1, 0.15) is 84.1 Å². The number of hydrogen-bond donors (Lipinski definition) is 4. The Morgan fingerprint density at radius 1 is 1.07 bits per heavy atom. The lowest BCUT2D eigenvalue weighted by Gasteiger charge is -2.25. The van der Waals surface area contributed by atoms with Crippen molar-refractivity contribution < 1.29 is 28.7 Å². The summed E-state index contributed by atoms with van der Waals surface area (Å²) in [4.78, 5) is 71.5. The van der Waals surface area contributed by atoms with Crippen LogP contribution in [-0.2, 0) is 49.5 Å². The van der Waals surface area contributed by atoms with E-state index in [-0.39, 0.29) is 42.1 Å². The minimum Gasteiger partial charge on any atom is -0.469 e. The van der Waals surface area contributed by atoms with Gasteiger partial charge in [0.1, 0.15) is 11.9 Å². The van der Waals surface area contributed by atoms with Crippen LogP contribution in [0, 0.1) is 11.3 Å². The highest BCUT2D eigenvalue weighted by Gasteiger charge is 2.30. The number of methoxy groups -OCH3 is 2. The van der Waals surface area contributed by atoms with Gasteiger partial charge in [-0.25, -0.2) is 4.79 Å². The molecular weight excluding hydrogens is 574 g/mol. The Balaban J connectivity index is 1.44. The van der Waals surface area contributed by atoms with Crippen molar-refractivity contribution in [1.29, 1.82) is 0 Å². The highest BCUT2D eigenvalue weighted by molar-refractivity contribution is 7.14. The Morgan fingerprint density at radius 3 is 2.47 bits per heavy atom. The van der Waals surface area contributed by atoms with E-state index < -0.39 is 23.4 Å². The minimum absolute atomic E-state index is 0.0197. The Labute approximate surface area is 254 Å². The van der Waals surface area contributed by atoms with E-state index in [0.29, 0.717) is 29.2 Å². The molecule has 13 heteroatoms. The van der Waals surface area contributed by atoms with Crippen molar-refractivity contribution in [3.8, 4) is 0 Å². The first kappa shape index (κ1) is 32.2. The highest BCUT2D eigenvalue weighted by Crippen LogP contribution is 2.36. The zero-order chi connectivity index (χ0) is 31.3. The number of aromatic amines is 1. The molecule has 234 valence electrons. The van der Waals surface area contributed by atoms with Crippen molar-refractivity contribution in [3.63, 3.8) is 0 Å². The molecule has 4 N–H and O–H groups in total. The smallest absolute Gasteiger partial charge is 0.328 e. The van der Waals surface area contributed by atoms with Crippen molar-refractivity contribution in [3.05, 3.63) is 36.8 Å². The third-order valence-corrected chi connectivity index (χ3v) is 9.26. The summed E-state index contributed by atoms with van der Waals surface area (Å²) in [6, 6.07) is -0.955. The number of nitrogens with one attached hydrogen (secondary N) is 4. The topological polar surface area (TPSA) is 169 Å². The van der Waals surface area contributed by atoms with Crippen LogP contribution in [0.3, 0.4) is 0 Å². The van der Waals surface area contributed by atoms with Gasteiger partial charge in [0.2, 0.25) is 11.9 Å². The molecule has 0 spiro atoms. The number of thiophene rings is 1. The molecule has 1 unspecified atom stereocenters. The largest absolute Gasteiger partial charge is 0.469 e. The predicted octanol–water partition coefficient (Wildman–Crippen LogP) is 3.14. The second-order valence-corrected chi connectivity index (χ2v) is 13.2. The molecule has 2 aromatic heterocycles. The monoisotopic (exact) mass is 615 g/mol. The van der Waals surface area contributed by atoms with Gasteiger partial charge >= 0.3 is 11.9 Å². The number of carbonyl (C=O) groups excluding carboxylic acids is 4. The lowest BCUT2D eigenvalue weighted by molar-refractivity contribution is -0.144. The zero-order valence-electron chi connectivity index (χ0n) is 25.4. The third kappa shape index (κ3) is 7.81. The van der Waals surface area contributed by atoms with Crippen LogP contribution >= 0.6 is 11.3 Å². The Morgan fingerprint density at radius 2 is 1.79 bits per heavy atom. The normalized spacial score (nSPS) is 16.6. The number of rotatable bonds is 10.